The van der Waals surface area contributed by atoms with Crippen molar-refractivity contribution < 1.29 is 26.3 Å². The molecule has 1 N–H and O–H groups in total. The number of hydrogen-bond donors (Lipinski definition) is 1. The van der Waals surface area contributed by atoms with Crippen LogP contribution in [0.25, 0.3) is 22.4 Å². The first kappa shape index (κ1) is 25.5. The fourth-order valence-electron chi connectivity index (χ4n) is 3.94. The third-order valence-corrected chi connectivity index (χ3v) is 5.98. The van der Waals surface area contributed by atoms with Crippen molar-refractivity contribution in [3.05, 3.63) is 60.2 Å². The number of nitrogens with zero attached hydrogens (tertiary/aromatic N) is 5. The van der Waals surface area contributed by atoms with Crippen LogP contribution < -0.4 is 9.62 Å². The van der Waals surface area contributed by atoms with Crippen molar-refractivity contribution >= 4 is 22.8 Å². The number of nitrogens with one attached hydrogen (secondary N) is 1. The summed E-state index contributed by atoms with van der Waals surface area (Å²) in [5.41, 5.74) is 0.953. The molecule has 36 heavy (non-hydrogen) atoms. The highest BCUT2D eigenvalue weighted by Crippen LogP contribution is 2.41. The van der Waals surface area contributed by atoms with Crippen molar-refractivity contribution in [2.75, 3.05) is 42.3 Å². The van der Waals surface area contributed by atoms with E-state index in [0.717, 1.165) is 12.1 Å². The number of alkyl halides is 3. The van der Waals surface area contributed by atoms with Gasteiger partial charge < -0.3 is 14.2 Å². The van der Waals surface area contributed by atoms with Gasteiger partial charge in [-0.15, -0.1) is 0 Å². The molecule has 1 fully saturated rings. The van der Waals surface area contributed by atoms with Crippen molar-refractivity contribution in [3.8, 4) is 28.5 Å². The minimum Gasteiger partial charge on any atom is -0.755 e. The van der Waals surface area contributed by atoms with Crippen LogP contribution >= 0.6 is 0 Å². The second-order valence-electron chi connectivity index (χ2n) is 7.94. The summed E-state index contributed by atoms with van der Waals surface area (Å²) in [6, 6.07) is 13.0. The number of piperazine rings is 1. The van der Waals surface area contributed by atoms with Gasteiger partial charge in [-0.25, -0.2) is 14.4 Å². The standard InChI is InChI=1S/C23H20F4N6O2S/c24-17-6-4-15(5-7-17)20-19(16-2-1-3-18(14-16)31-36(34)35)21(30-22(29-20)23(25,26)27)33-12-10-32(9-8-28)11-13-33/h1-7,14,31H,9-13H2,(H,34,35)/p-1. The van der Waals surface area contributed by atoms with Crippen molar-refractivity contribution in [3.63, 3.8) is 0 Å². The number of aromatic nitrogens is 2. The average molecular weight is 520 g/mol. The molecule has 4 rings (SSSR count). The zero-order valence-corrected chi connectivity index (χ0v) is 19.4. The highest BCUT2D eigenvalue weighted by atomic mass is 32.2. The Morgan fingerprint density at radius 1 is 1.06 bits per heavy atom. The maximum Gasteiger partial charge on any atom is 0.451 e. The number of benzene rings is 2. The summed E-state index contributed by atoms with van der Waals surface area (Å²) in [5, 5.41) is 8.96. The summed E-state index contributed by atoms with van der Waals surface area (Å²) in [5.74, 6) is -1.91. The van der Waals surface area contributed by atoms with Gasteiger partial charge >= 0.3 is 6.18 Å². The lowest BCUT2D eigenvalue weighted by Crippen LogP contribution is -2.47. The number of hydrogen-bond acceptors (Lipinski definition) is 7. The Balaban J connectivity index is 1.94. The normalized spacial score (nSPS) is 15.4. The maximum atomic E-state index is 13.9. The summed E-state index contributed by atoms with van der Waals surface area (Å²) in [6.45, 7) is 1.66. The fraction of sp³-hybridized carbons (Fsp3) is 0.261. The van der Waals surface area contributed by atoms with Gasteiger partial charge in [0, 0.05) is 48.7 Å². The third kappa shape index (κ3) is 5.78. The Kier molecular flexibility index (Phi) is 7.48. The number of halogens is 4. The summed E-state index contributed by atoms with van der Waals surface area (Å²) >= 11 is -2.62. The van der Waals surface area contributed by atoms with Crippen LogP contribution in [0.3, 0.4) is 0 Å². The minimum absolute atomic E-state index is 0.00801. The van der Waals surface area contributed by atoms with Crippen LogP contribution in [-0.2, 0) is 17.4 Å². The summed E-state index contributed by atoms with van der Waals surface area (Å²) < 4.78 is 79.8. The maximum absolute atomic E-state index is 13.9. The van der Waals surface area contributed by atoms with Crippen molar-refractivity contribution in [1.29, 1.82) is 5.26 Å². The Hall–Kier alpha value is -3.60. The van der Waals surface area contributed by atoms with Crippen molar-refractivity contribution in [1.82, 2.24) is 14.9 Å². The van der Waals surface area contributed by atoms with Crippen molar-refractivity contribution in [2.24, 2.45) is 0 Å². The molecule has 13 heteroatoms. The van der Waals surface area contributed by atoms with E-state index in [0.29, 0.717) is 31.7 Å². The molecule has 0 aliphatic carbocycles. The topological polar surface area (TPSA) is 108 Å². The van der Waals surface area contributed by atoms with Crippen molar-refractivity contribution in [2.45, 2.75) is 6.18 Å². The highest BCUT2D eigenvalue weighted by Gasteiger charge is 2.38. The molecule has 0 radical (unpaired) electrons. The number of nitriles is 1. The Bertz CT molecular complexity index is 1310. The monoisotopic (exact) mass is 519 g/mol. The van der Waals surface area contributed by atoms with Gasteiger partial charge in [-0.2, -0.15) is 18.4 Å². The van der Waals surface area contributed by atoms with E-state index in [-0.39, 0.29) is 34.9 Å². The molecule has 1 aliphatic heterocycles. The molecule has 0 spiro atoms. The SMILES string of the molecule is N#CCN1CCN(c2nc(C(F)(F)F)nc(-c3ccc(F)cc3)c2-c2cccc(NS(=O)[O-])c2)CC1. The van der Waals surface area contributed by atoms with Gasteiger partial charge in [-0.1, -0.05) is 12.1 Å². The molecule has 2 heterocycles. The molecule has 0 saturated carbocycles. The van der Waals surface area contributed by atoms with E-state index in [4.69, 9.17) is 5.26 Å². The van der Waals surface area contributed by atoms with Gasteiger partial charge in [-0.3, -0.25) is 9.11 Å². The molecule has 1 unspecified atom stereocenters. The fourth-order valence-corrected chi connectivity index (χ4v) is 4.26. The van der Waals surface area contributed by atoms with Gasteiger partial charge in [0.15, 0.2) is 0 Å². The molecule has 0 bridgehead atoms. The van der Waals surface area contributed by atoms with E-state index in [1.165, 1.54) is 24.3 Å². The zero-order valence-electron chi connectivity index (χ0n) is 18.6. The largest absolute Gasteiger partial charge is 0.755 e. The quantitative estimate of drug-likeness (QED) is 0.300. The van der Waals surface area contributed by atoms with E-state index in [1.54, 1.807) is 17.0 Å². The summed E-state index contributed by atoms with van der Waals surface area (Å²) in [7, 11) is 0. The molecule has 1 atom stereocenters. The second-order valence-corrected chi connectivity index (χ2v) is 8.61. The lowest BCUT2D eigenvalue weighted by molar-refractivity contribution is -0.144. The molecule has 3 aromatic rings. The van der Waals surface area contributed by atoms with Gasteiger partial charge in [0.2, 0.25) is 5.82 Å². The number of anilines is 2. The molecule has 2 aromatic carbocycles. The molecule has 1 aromatic heterocycles. The Morgan fingerprint density at radius 3 is 2.36 bits per heavy atom. The smallest absolute Gasteiger partial charge is 0.451 e. The van der Waals surface area contributed by atoms with Crippen LogP contribution in [0.5, 0.6) is 0 Å². The first-order chi connectivity index (χ1) is 17.2. The van der Waals surface area contributed by atoms with E-state index < -0.39 is 29.1 Å². The predicted molar refractivity (Wildman–Crippen MR) is 125 cm³/mol. The Labute approximate surface area is 206 Å². The molecular weight excluding hydrogens is 500 g/mol. The van der Waals surface area contributed by atoms with Crippen LogP contribution in [0.1, 0.15) is 5.82 Å². The lowest BCUT2D eigenvalue weighted by atomic mass is 9.98. The van der Waals surface area contributed by atoms with Crippen LogP contribution in [0.4, 0.5) is 29.1 Å². The van der Waals surface area contributed by atoms with E-state index in [2.05, 4.69) is 20.8 Å². The summed E-state index contributed by atoms with van der Waals surface area (Å²) in [6.07, 6.45) is -4.85. The van der Waals surface area contributed by atoms with E-state index >= 15 is 0 Å². The molecular formula is C23H19F4N6O2S-. The first-order valence-corrected chi connectivity index (χ1v) is 11.8. The van der Waals surface area contributed by atoms with E-state index in [1.807, 2.05) is 4.90 Å². The minimum atomic E-state index is -4.85. The molecule has 8 nitrogen and oxygen atoms in total. The van der Waals surface area contributed by atoms with Gasteiger partial charge in [0.05, 0.1) is 23.9 Å². The molecule has 1 saturated heterocycles. The van der Waals surface area contributed by atoms with Crippen LogP contribution in [0.2, 0.25) is 0 Å². The number of rotatable bonds is 6. The van der Waals surface area contributed by atoms with Gasteiger partial charge in [-0.05, 0) is 42.0 Å². The first-order valence-electron chi connectivity index (χ1n) is 10.7. The Morgan fingerprint density at radius 2 is 1.75 bits per heavy atom. The zero-order chi connectivity index (χ0) is 25.9. The van der Waals surface area contributed by atoms with Crippen LogP contribution in [-0.4, -0.2) is 56.4 Å². The third-order valence-electron chi connectivity index (χ3n) is 5.58. The second kappa shape index (κ2) is 10.6. The molecule has 1 aliphatic rings. The highest BCUT2D eigenvalue weighted by molar-refractivity contribution is 7.80. The molecule has 188 valence electrons. The van der Waals surface area contributed by atoms with Crippen LogP contribution in [0, 0.1) is 17.1 Å². The predicted octanol–water partition coefficient (Wildman–Crippen LogP) is 3.82. The molecule has 0 amide bonds. The summed E-state index contributed by atoms with van der Waals surface area (Å²) in [4.78, 5) is 11.3. The van der Waals surface area contributed by atoms with Gasteiger partial charge in [0.1, 0.15) is 11.6 Å². The van der Waals surface area contributed by atoms with Gasteiger partial charge in [0.25, 0.3) is 0 Å². The van der Waals surface area contributed by atoms with E-state index in [9.17, 15) is 26.3 Å². The van der Waals surface area contributed by atoms with Crippen LogP contribution in [0.15, 0.2) is 48.5 Å². The lowest BCUT2D eigenvalue weighted by Gasteiger charge is -2.35. The average Bonchev–Trinajstić information content (AvgIpc) is 2.84.